The molecule has 2 aromatic carbocycles. The zero-order valence-corrected chi connectivity index (χ0v) is 13.7. The van der Waals surface area contributed by atoms with E-state index >= 15 is 0 Å². The van der Waals surface area contributed by atoms with E-state index in [9.17, 15) is 4.79 Å². The largest absolute Gasteiger partial charge is 0.285 e. The van der Waals surface area contributed by atoms with Crippen LogP contribution in [0.2, 0.25) is 5.02 Å². The maximum Gasteiger partial charge on any atom is 0.285 e. The molecule has 2 N–H and O–H groups in total. The highest BCUT2D eigenvalue weighted by atomic mass is 35.5. The predicted molar refractivity (Wildman–Crippen MR) is 97.6 cm³/mol. The highest BCUT2D eigenvalue weighted by molar-refractivity contribution is 6.32. The summed E-state index contributed by atoms with van der Waals surface area (Å²) < 4.78 is 0. The molecule has 5 nitrogen and oxygen atoms in total. The van der Waals surface area contributed by atoms with E-state index in [0.29, 0.717) is 5.69 Å². The fourth-order valence-corrected chi connectivity index (χ4v) is 2.34. The summed E-state index contributed by atoms with van der Waals surface area (Å²) in [5.41, 5.74) is 6.72. The molecule has 0 aliphatic heterocycles. The monoisotopic (exact) mass is 338 g/mol. The molecule has 0 aliphatic rings. The summed E-state index contributed by atoms with van der Waals surface area (Å²) in [5.74, 6) is 0. The minimum atomic E-state index is -0.457. The molecule has 0 unspecified atom stereocenters. The van der Waals surface area contributed by atoms with Gasteiger partial charge in [0.15, 0.2) is 0 Å². The van der Waals surface area contributed by atoms with Gasteiger partial charge in [0.25, 0.3) is 5.56 Å². The third-order valence-electron chi connectivity index (χ3n) is 3.55. The standard InChI is InChI=1S/C18H15ClN4O/c1-12(21-22-16-11-20-23-18(24)17(16)19)13-7-9-15(10-8-13)14-5-3-2-4-6-14/h2-11H,1H3,(H2,22,23,24)/b21-12-. The van der Waals surface area contributed by atoms with E-state index in [4.69, 9.17) is 11.6 Å². The van der Waals surface area contributed by atoms with Crippen LogP contribution in [0.25, 0.3) is 11.1 Å². The van der Waals surface area contributed by atoms with Crippen LogP contribution in [0.3, 0.4) is 0 Å². The Bertz CT molecular complexity index is 918. The van der Waals surface area contributed by atoms with Crippen molar-refractivity contribution in [3.8, 4) is 11.1 Å². The first-order valence-corrected chi connectivity index (χ1v) is 7.72. The summed E-state index contributed by atoms with van der Waals surface area (Å²) in [4.78, 5) is 11.4. The molecule has 0 amide bonds. The van der Waals surface area contributed by atoms with Crippen LogP contribution < -0.4 is 11.0 Å². The summed E-state index contributed by atoms with van der Waals surface area (Å²) in [6.07, 6.45) is 1.42. The van der Waals surface area contributed by atoms with Gasteiger partial charge >= 0.3 is 0 Å². The van der Waals surface area contributed by atoms with E-state index in [0.717, 1.165) is 22.4 Å². The number of hydrazone groups is 1. The fourth-order valence-electron chi connectivity index (χ4n) is 2.20. The number of H-pyrrole nitrogens is 1. The van der Waals surface area contributed by atoms with Crippen LogP contribution in [0, 0.1) is 0 Å². The van der Waals surface area contributed by atoms with Crippen molar-refractivity contribution in [2.24, 2.45) is 5.10 Å². The normalized spacial score (nSPS) is 11.3. The van der Waals surface area contributed by atoms with Crippen molar-refractivity contribution < 1.29 is 0 Å². The Kier molecular flexibility index (Phi) is 4.72. The summed E-state index contributed by atoms with van der Waals surface area (Å²) in [7, 11) is 0. The van der Waals surface area contributed by atoms with E-state index in [2.05, 4.69) is 32.9 Å². The fraction of sp³-hybridized carbons (Fsp3) is 0.0556. The van der Waals surface area contributed by atoms with Crippen molar-refractivity contribution in [1.29, 1.82) is 0 Å². The van der Waals surface area contributed by atoms with Gasteiger partial charge < -0.3 is 0 Å². The first kappa shape index (κ1) is 16.0. The predicted octanol–water partition coefficient (Wildman–Crippen LogP) is 3.93. The minimum Gasteiger partial charge on any atom is -0.275 e. The maximum atomic E-state index is 11.4. The van der Waals surface area contributed by atoms with Crippen LogP contribution in [0.1, 0.15) is 12.5 Å². The lowest BCUT2D eigenvalue weighted by Gasteiger charge is -2.06. The molecule has 1 heterocycles. The molecule has 0 saturated carbocycles. The van der Waals surface area contributed by atoms with Gasteiger partial charge in [-0.2, -0.15) is 10.2 Å². The van der Waals surface area contributed by atoms with Crippen LogP contribution >= 0.6 is 11.6 Å². The molecular weight excluding hydrogens is 324 g/mol. The second-order valence-corrected chi connectivity index (χ2v) is 5.56. The number of nitrogens with one attached hydrogen (secondary N) is 2. The minimum absolute atomic E-state index is 0.0287. The Balaban J connectivity index is 1.78. The van der Waals surface area contributed by atoms with Gasteiger partial charge in [-0.15, -0.1) is 0 Å². The number of aromatic nitrogens is 2. The van der Waals surface area contributed by atoms with E-state index in [1.165, 1.54) is 6.20 Å². The molecule has 0 aliphatic carbocycles. The summed E-state index contributed by atoms with van der Waals surface area (Å²) >= 11 is 5.90. The molecular formula is C18H15ClN4O. The Morgan fingerprint density at radius 3 is 2.46 bits per heavy atom. The summed E-state index contributed by atoms with van der Waals surface area (Å²) in [5, 5.41) is 10.2. The van der Waals surface area contributed by atoms with Gasteiger partial charge in [0.2, 0.25) is 0 Å². The van der Waals surface area contributed by atoms with Gasteiger partial charge in [0.05, 0.1) is 11.9 Å². The number of rotatable bonds is 4. The van der Waals surface area contributed by atoms with Gasteiger partial charge in [0, 0.05) is 0 Å². The average Bonchev–Trinajstić information content (AvgIpc) is 2.63. The zero-order chi connectivity index (χ0) is 16.9. The van der Waals surface area contributed by atoms with Gasteiger partial charge in [-0.3, -0.25) is 10.2 Å². The number of hydrogen-bond acceptors (Lipinski definition) is 4. The van der Waals surface area contributed by atoms with Crippen molar-refractivity contribution in [3.05, 3.63) is 81.7 Å². The van der Waals surface area contributed by atoms with Crippen molar-refractivity contribution in [2.75, 3.05) is 5.43 Å². The molecule has 0 atom stereocenters. The number of benzene rings is 2. The first-order chi connectivity index (χ1) is 11.6. The molecule has 24 heavy (non-hydrogen) atoms. The zero-order valence-electron chi connectivity index (χ0n) is 13.0. The number of aromatic amines is 1. The molecule has 0 radical (unpaired) electrons. The topological polar surface area (TPSA) is 70.1 Å². The third kappa shape index (κ3) is 3.52. The van der Waals surface area contributed by atoms with Crippen molar-refractivity contribution in [3.63, 3.8) is 0 Å². The molecule has 3 rings (SSSR count). The summed E-state index contributed by atoms with van der Waals surface area (Å²) in [6, 6.07) is 18.3. The number of anilines is 1. The Morgan fingerprint density at radius 1 is 1.08 bits per heavy atom. The quantitative estimate of drug-likeness (QED) is 0.559. The maximum absolute atomic E-state index is 11.4. The number of hydrogen-bond donors (Lipinski definition) is 2. The van der Waals surface area contributed by atoms with Crippen LogP contribution in [-0.2, 0) is 0 Å². The smallest absolute Gasteiger partial charge is 0.275 e. The lowest BCUT2D eigenvalue weighted by Crippen LogP contribution is -2.10. The second kappa shape index (κ2) is 7.10. The van der Waals surface area contributed by atoms with E-state index in [1.54, 1.807) is 0 Å². The van der Waals surface area contributed by atoms with Gasteiger partial charge in [-0.05, 0) is 23.6 Å². The Labute approximate surface area is 144 Å². The lowest BCUT2D eigenvalue weighted by molar-refractivity contribution is 0.986. The molecule has 0 spiro atoms. The first-order valence-electron chi connectivity index (χ1n) is 7.34. The molecule has 0 bridgehead atoms. The highest BCUT2D eigenvalue weighted by Gasteiger charge is 2.04. The van der Waals surface area contributed by atoms with E-state index < -0.39 is 5.56 Å². The van der Waals surface area contributed by atoms with Gasteiger partial charge in [-0.25, -0.2) is 5.10 Å². The Hall–Kier alpha value is -2.92. The average molecular weight is 339 g/mol. The lowest BCUT2D eigenvalue weighted by atomic mass is 10.0. The van der Waals surface area contributed by atoms with Crippen molar-refractivity contribution >= 4 is 23.0 Å². The van der Waals surface area contributed by atoms with E-state index in [-0.39, 0.29) is 5.02 Å². The summed E-state index contributed by atoms with van der Waals surface area (Å²) in [6.45, 7) is 1.87. The molecule has 120 valence electrons. The third-order valence-corrected chi connectivity index (χ3v) is 3.92. The second-order valence-electron chi connectivity index (χ2n) is 5.18. The van der Waals surface area contributed by atoms with Gasteiger partial charge in [-0.1, -0.05) is 66.2 Å². The molecule has 0 fully saturated rings. The van der Waals surface area contributed by atoms with Crippen molar-refractivity contribution in [2.45, 2.75) is 6.92 Å². The van der Waals surface area contributed by atoms with Crippen LogP contribution in [0.4, 0.5) is 5.69 Å². The highest BCUT2D eigenvalue weighted by Crippen LogP contribution is 2.20. The SMILES string of the molecule is C/C(=N/Nc1cn[nH]c(=O)c1Cl)c1ccc(-c2ccccc2)cc1. The molecule has 0 saturated heterocycles. The number of nitrogens with zero attached hydrogens (tertiary/aromatic N) is 2. The Morgan fingerprint density at radius 2 is 1.75 bits per heavy atom. The molecule has 6 heteroatoms. The van der Waals surface area contributed by atoms with E-state index in [1.807, 2.05) is 49.4 Å². The van der Waals surface area contributed by atoms with Gasteiger partial charge in [0.1, 0.15) is 10.7 Å². The van der Waals surface area contributed by atoms with Crippen molar-refractivity contribution in [1.82, 2.24) is 10.2 Å². The number of halogens is 1. The van der Waals surface area contributed by atoms with Crippen LogP contribution in [-0.4, -0.2) is 15.9 Å². The molecule has 3 aromatic rings. The van der Waals surface area contributed by atoms with Crippen LogP contribution in [0.5, 0.6) is 0 Å². The van der Waals surface area contributed by atoms with Crippen LogP contribution in [0.15, 0.2) is 70.7 Å². The molecule has 1 aromatic heterocycles.